The lowest BCUT2D eigenvalue weighted by Crippen LogP contribution is -2.49. The molecule has 0 spiro atoms. The van der Waals surface area contributed by atoms with Crippen LogP contribution in [0, 0.1) is 12.7 Å². The van der Waals surface area contributed by atoms with Crippen molar-refractivity contribution in [2.24, 2.45) is 0 Å². The zero-order valence-electron chi connectivity index (χ0n) is 18.1. The number of aromatic nitrogens is 3. The van der Waals surface area contributed by atoms with Gasteiger partial charge in [-0.2, -0.15) is 4.37 Å². The zero-order chi connectivity index (χ0) is 22.8. The van der Waals surface area contributed by atoms with Gasteiger partial charge in [0.05, 0.1) is 11.6 Å². The van der Waals surface area contributed by atoms with Gasteiger partial charge in [-0.25, -0.2) is 14.4 Å². The number of anilines is 3. The summed E-state index contributed by atoms with van der Waals surface area (Å²) in [5.41, 5.74) is 1.54. The molecule has 168 valence electrons. The van der Waals surface area contributed by atoms with Crippen molar-refractivity contribution in [1.29, 1.82) is 0 Å². The summed E-state index contributed by atoms with van der Waals surface area (Å²) in [6.45, 7) is 3.54. The second-order valence-corrected chi connectivity index (χ2v) is 8.83. The van der Waals surface area contributed by atoms with E-state index in [0.717, 1.165) is 35.7 Å². The Kier molecular flexibility index (Phi) is 5.97. The third kappa shape index (κ3) is 4.29. The average Bonchev–Trinajstić information content (AvgIpc) is 3.33. The van der Waals surface area contributed by atoms with Gasteiger partial charge in [0.1, 0.15) is 18.0 Å². The molecule has 1 aliphatic heterocycles. The molecule has 0 radical (unpaired) electrons. The number of piperidine rings is 1. The SMILES string of the molecule is Cc1cccc2ccnc(N(C(=O)c3ccc(Nc4ncns4)cc3F)[C@@H]3CCCNC3)c12. The molecule has 33 heavy (non-hydrogen) atoms. The number of hydrogen-bond acceptors (Lipinski definition) is 7. The average molecular weight is 463 g/mol. The molecule has 5 rings (SSSR count). The summed E-state index contributed by atoms with van der Waals surface area (Å²) in [6.07, 6.45) is 4.89. The second-order valence-electron chi connectivity index (χ2n) is 8.05. The first-order chi connectivity index (χ1) is 16.1. The van der Waals surface area contributed by atoms with Gasteiger partial charge in [-0.1, -0.05) is 18.2 Å². The number of nitrogens with zero attached hydrogens (tertiary/aromatic N) is 4. The van der Waals surface area contributed by atoms with Crippen LogP contribution in [0.2, 0.25) is 0 Å². The van der Waals surface area contributed by atoms with Gasteiger partial charge in [0, 0.05) is 35.3 Å². The van der Waals surface area contributed by atoms with E-state index >= 15 is 4.39 Å². The molecule has 2 aromatic heterocycles. The Morgan fingerprint density at radius 3 is 2.91 bits per heavy atom. The number of carbonyl (C=O) groups is 1. The van der Waals surface area contributed by atoms with Gasteiger partial charge in [0.15, 0.2) is 0 Å². The van der Waals surface area contributed by atoms with E-state index in [1.165, 1.54) is 30.0 Å². The summed E-state index contributed by atoms with van der Waals surface area (Å²) in [5.74, 6) is -0.424. The summed E-state index contributed by atoms with van der Waals surface area (Å²) < 4.78 is 19.1. The number of amides is 1. The number of carbonyl (C=O) groups excluding carboxylic acids is 1. The van der Waals surface area contributed by atoms with E-state index in [4.69, 9.17) is 0 Å². The molecule has 1 atom stereocenters. The Hall–Kier alpha value is -3.43. The molecule has 0 bridgehead atoms. The Balaban J connectivity index is 1.56. The van der Waals surface area contributed by atoms with Crippen LogP contribution in [0.15, 0.2) is 55.0 Å². The molecule has 0 aliphatic carbocycles. The first-order valence-corrected chi connectivity index (χ1v) is 11.6. The molecule has 3 heterocycles. The van der Waals surface area contributed by atoms with Crippen LogP contribution in [0.5, 0.6) is 0 Å². The second kappa shape index (κ2) is 9.21. The minimum atomic E-state index is -0.597. The zero-order valence-corrected chi connectivity index (χ0v) is 18.9. The molecule has 0 saturated carbocycles. The standard InChI is InChI=1S/C24H23FN6OS/c1-15-4-2-5-16-9-11-27-22(21(15)16)31(18-6-3-10-26-13-18)23(32)19-8-7-17(12-20(19)25)30-24-28-14-29-33-24/h2,4-5,7-9,11-12,14,18,26H,3,6,10,13H2,1H3,(H,28,29,30)/t18-/m1/s1. The lowest BCUT2D eigenvalue weighted by molar-refractivity contribution is 0.0968. The van der Waals surface area contributed by atoms with Crippen molar-refractivity contribution in [2.45, 2.75) is 25.8 Å². The van der Waals surface area contributed by atoms with Crippen LogP contribution in [-0.2, 0) is 0 Å². The highest BCUT2D eigenvalue weighted by Crippen LogP contribution is 2.32. The molecule has 2 aromatic carbocycles. The summed E-state index contributed by atoms with van der Waals surface area (Å²) in [4.78, 5) is 24.2. The van der Waals surface area contributed by atoms with Crippen molar-refractivity contribution < 1.29 is 9.18 Å². The van der Waals surface area contributed by atoms with Gasteiger partial charge in [0.2, 0.25) is 5.13 Å². The number of rotatable bonds is 5. The number of aryl methyl sites for hydroxylation is 1. The summed E-state index contributed by atoms with van der Waals surface area (Å²) in [5, 5.41) is 8.83. The summed E-state index contributed by atoms with van der Waals surface area (Å²) >= 11 is 1.17. The molecule has 1 aliphatic rings. The van der Waals surface area contributed by atoms with E-state index in [1.807, 2.05) is 31.2 Å². The van der Waals surface area contributed by atoms with Crippen molar-refractivity contribution in [3.63, 3.8) is 0 Å². The van der Waals surface area contributed by atoms with Crippen molar-refractivity contribution in [1.82, 2.24) is 19.7 Å². The predicted molar refractivity (Wildman–Crippen MR) is 129 cm³/mol. The maximum absolute atomic E-state index is 15.2. The van der Waals surface area contributed by atoms with E-state index < -0.39 is 11.7 Å². The Bertz CT molecular complexity index is 1280. The quantitative estimate of drug-likeness (QED) is 0.448. The van der Waals surface area contributed by atoms with E-state index in [9.17, 15) is 4.79 Å². The van der Waals surface area contributed by atoms with Gasteiger partial charge >= 0.3 is 0 Å². The van der Waals surface area contributed by atoms with Crippen LogP contribution in [0.1, 0.15) is 28.8 Å². The first-order valence-electron chi connectivity index (χ1n) is 10.8. The molecule has 9 heteroatoms. The highest BCUT2D eigenvalue weighted by atomic mass is 32.1. The van der Waals surface area contributed by atoms with E-state index in [0.29, 0.717) is 23.2 Å². The molecule has 4 aromatic rings. The molecule has 7 nitrogen and oxygen atoms in total. The van der Waals surface area contributed by atoms with Gasteiger partial charge in [-0.05, 0) is 61.5 Å². The Labute approximate surface area is 194 Å². The van der Waals surface area contributed by atoms with E-state index in [1.54, 1.807) is 17.2 Å². The number of benzene rings is 2. The van der Waals surface area contributed by atoms with Gasteiger partial charge in [-0.15, -0.1) is 0 Å². The largest absolute Gasteiger partial charge is 0.330 e. The number of hydrogen-bond donors (Lipinski definition) is 2. The van der Waals surface area contributed by atoms with Crippen LogP contribution in [0.3, 0.4) is 0 Å². The highest BCUT2D eigenvalue weighted by molar-refractivity contribution is 7.09. The van der Waals surface area contributed by atoms with Crippen molar-refractivity contribution in [3.05, 3.63) is 71.9 Å². The number of fused-ring (bicyclic) bond motifs is 1. The Morgan fingerprint density at radius 1 is 1.24 bits per heavy atom. The molecular weight excluding hydrogens is 439 g/mol. The lowest BCUT2D eigenvalue weighted by atomic mass is 10.0. The maximum Gasteiger partial charge on any atom is 0.262 e. The smallest absolute Gasteiger partial charge is 0.262 e. The fraction of sp³-hybridized carbons (Fsp3) is 0.250. The molecule has 1 saturated heterocycles. The number of pyridine rings is 1. The van der Waals surface area contributed by atoms with Crippen LogP contribution in [-0.4, -0.2) is 39.4 Å². The van der Waals surface area contributed by atoms with Crippen LogP contribution in [0.4, 0.5) is 21.0 Å². The van der Waals surface area contributed by atoms with E-state index in [2.05, 4.69) is 25.0 Å². The molecule has 2 N–H and O–H groups in total. The fourth-order valence-electron chi connectivity index (χ4n) is 4.31. The topological polar surface area (TPSA) is 83.0 Å². The maximum atomic E-state index is 15.2. The number of halogens is 1. The highest BCUT2D eigenvalue weighted by Gasteiger charge is 2.31. The summed E-state index contributed by atoms with van der Waals surface area (Å²) in [7, 11) is 0. The predicted octanol–water partition coefficient (Wildman–Crippen LogP) is 4.68. The summed E-state index contributed by atoms with van der Waals surface area (Å²) in [6, 6.07) is 12.3. The van der Waals surface area contributed by atoms with Crippen molar-refractivity contribution >= 4 is 44.8 Å². The first kappa shape index (κ1) is 21.4. The molecular formula is C24H23FN6OS. The van der Waals surface area contributed by atoms with Crippen molar-refractivity contribution in [2.75, 3.05) is 23.3 Å². The van der Waals surface area contributed by atoms with Crippen LogP contribution in [0.25, 0.3) is 10.8 Å². The molecule has 1 fully saturated rings. The molecule has 1 amide bonds. The third-order valence-corrected chi connectivity index (χ3v) is 6.45. The fourth-order valence-corrected chi connectivity index (χ4v) is 4.76. The van der Waals surface area contributed by atoms with Crippen LogP contribution >= 0.6 is 11.5 Å². The number of nitrogens with one attached hydrogen (secondary N) is 2. The van der Waals surface area contributed by atoms with Gasteiger partial charge in [0.25, 0.3) is 5.91 Å². The minimum absolute atomic E-state index is 0.00998. The molecule has 0 unspecified atom stereocenters. The monoisotopic (exact) mass is 462 g/mol. The van der Waals surface area contributed by atoms with Crippen LogP contribution < -0.4 is 15.5 Å². The normalized spacial score (nSPS) is 16.0. The van der Waals surface area contributed by atoms with E-state index in [-0.39, 0.29) is 11.6 Å². The lowest BCUT2D eigenvalue weighted by Gasteiger charge is -2.35. The van der Waals surface area contributed by atoms with Gasteiger partial charge in [-0.3, -0.25) is 9.69 Å². The van der Waals surface area contributed by atoms with Gasteiger partial charge < -0.3 is 10.6 Å². The third-order valence-electron chi connectivity index (χ3n) is 5.87. The van der Waals surface area contributed by atoms with Crippen molar-refractivity contribution in [3.8, 4) is 0 Å². The Morgan fingerprint density at radius 2 is 2.15 bits per heavy atom. The minimum Gasteiger partial charge on any atom is -0.330 e.